The van der Waals surface area contributed by atoms with Gasteiger partial charge in [0.15, 0.2) is 0 Å². The van der Waals surface area contributed by atoms with Crippen LogP contribution in [0, 0.1) is 0 Å². The second-order valence-corrected chi connectivity index (χ2v) is 8.40. The Morgan fingerprint density at radius 2 is 1.20 bits per heavy atom. The number of rotatable bonds is 11. The molecule has 0 amide bonds. The fourth-order valence-electron chi connectivity index (χ4n) is 1.80. The van der Waals surface area contributed by atoms with Crippen LogP contribution in [0.4, 0.5) is 0 Å². The summed E-state index contributed by atoms with van der Waals surface area (Å²) in [5.74, 6) is 0. The minimum Gasteiger partial charge on any atom is -0.147 e. The van der Waals surface area contributed by atoms with E-state index in [2.05, 4.69) is 75.9 Å². The van der Waals surface area contributed by atoms with Gasteiger partial charge in [-0.15, -0.1) is 49.6 Å². The maximum Gasteiger partial charge on any atom is -0.147 e. The van der Waals surface area contributed by atoms with Crippen LogP contribution in [0.5, 0.6) is 0 Å². The summed E-state index contributed by atoms with van der Waals surface area (Å²) in [7, 11) is 0. The van der Waals surface area contributed by atoms with E-state index in [9.17, 15) is 0 Å². The molecule has 0 saturated carbocycles. The van der Waals surface area contributed by atoms with Gasteiger partial charge < -0.3 is 0 Å². The third-order valence-corrected chi connectivity index (χ3v) is 6.03. The molecule has 0 aliphatic heterocycles. The van der Waals surface area contributed by atoms with Crippen LogP contribution >= 0.6 is 49.6 Å². The van der Waals surface area contributed by atoms with E-state index in [-0.39, 0.29) is 69.4 Å². The molecular formula is C16H41Cl4N2OTi2. The molecule has 0 aromatic heterocycles. The minimum atomic E-state index is -0.334. The van der Waals surface area contributed by atoms with Crippen molar-refractivity contribution in [3.8, 4) is 0 Å². The zero-order valence-corrected chi connectivity index (χ0v) is 23.4. The van der Waals surface area contributed by atoms with Crippen LogP contribution in [0.15, 0.2) is 0 Å². The molecule has 25 heavy (non-hydrogen) atoms. The van der Waals surface area contributed by atoms with Crippen LogP contribution < -0.4 is 0 Å². The van der Waals surface area contributed by atoms with Gasteiger partial charge in [0.2, 0.25) is 0 Å². The molecule has 0 bridgehead atoms. The van der Waals surface area contributed by atoms with Crippen LogP contribution in [-0.2, 0) is 43.8 Å². The van der Waals surface area contributed by atoms with Crippen molar-refractivity contribution in [2.24, 2.45) is 0 Å². The first-order chi connectivity index (χ1) is 9.90. The standard InChI is InChI=1S/2C6H14N.C4H9O.4ClH.2Ti/c1-5(2)7-6(3)4;1-3-5-7-6-4-2;1-2-3-4-5;;;;;;/h5-6H,1-4H3;3-6H2,1-2H3;2-4H2,1H3;4*1H;;/q3*-1;;;;;+1;+2. The van der Waals surface area contributed by atoms with Crippen molar-refractivity contribution in [1.29, 1.82) is 0 Å². The van der Waals surface area contributed by atoms with Crippen molar-refractivity contribution in [3.05, 3.63) is 0 Å². The van der Waals surface area contributed by atoms with E-state index >= 15 is 0 Å². The largest absolute Gasteiger partial charge is 0.147 e. The first-order valence-electron chi connectivity index (χ1n) is 8.52. The second kappa shape index (κ2) is 31.2. The molecule has 0 N–H and O–H groups in total. The Bertz CT molecular complexity index is 207. The molecule has 0 rings (SSSR count). The van der Waals surface area contributed by atoms with Crippen molar-refractivity contribution in [2.45, 2.75) is 86.2 Å². The average Bonchev–Trinajstić information content (AvgIpc) is 2.39. The van der Waals surface area contributed by atoms with Crippen LogP contribution in [0.3, 0.4) is 0 Å². The maximum absolute atomic E-state index is 5.71. The number of nitrogens with zero attached hydrogens (tertiary/aromatic N) is 2. The van der Waals surface area contributed by atoms with E-state index in [1.165, 1.54) is 38.8 Å². The van der Waals surface area contributed by atoms with Gasteiger partial charge in [-0.3, -0.25) is 0 Å². The van der Waals surface area contributed by atoms with Crippen molar-refractivity contribution in [1.82, 2.24) is 6.76 Å². The van der Waals surface area contributed by atoms with Gasteiger partial charge in [0.05, 0.1) is 0 Å². The number of unbranched alkanes of at least 4 members (excludes halogenated alkanes) is 1. The summed E-state index contributed by atoms with van der Waals surface area (Å²) in [6.07, 6.45) is 4.98. The predicted molar refractivity (Wildman–Crippen MR) is 114 cm³/mol. The van der Waals surface area contributed by atoms with E-state index in [0.717, 1.165) is 6.61 Å². The van der Waals surface area contributed by atoms with Gasteiger partial charge >= 0.3 is 157 Å². The topological polar surface area (TPSA) is 15.7 Å². The zero-order chi connectivity index (χ0) is 16.7. The first-order valence-corrected chi connectivity index (χ1v) is 10.6. The molecule has 0 heterocycles. The SMILES string of the molecule is CCCC[O][Ti][N](C(C)C)C(C)C.CCC[N]([Ti])CCC.Cl.Cl.Cl.Cl. The molecule has 9 heteroatoms. The molecule has 157 valence electrons. The van der Waals surface area contributed by atoms with E-state index in [4.69, 9.17) is 3.32 Å². The average molecular weight is 515 g/mol. The van der Waals surface area contributed by atoms with E-state index < -0.39 is 0 Å². The Morgan fingerprint density at radius 1 is 0.800 bits per heavy atom. The number of hydrogen-bond donors (Lipinski definition) is 0. The Labute approximate surface area is 204 Å². The molecule has 0 aromatic rings. The second-order valence-electron chi connectivity index (χ2n) is 5.88. The fourth-order valence-corrected chi connectivity index (χ4v) is 3.75. The molecule has 0 spiro atoms. The minimum absolute atomic E-state index is 0. The third-order valence-electron chi connectivity index (χ3n) is 2.87. The Hall–Kier alpha value is 2.47. The van der Waals surface area contributed by atoms with Gasteiger partial charge in [0.25, 0.3) is 0 Å². The Morgan fingerprint density at radius 3 is 1.48 bits per heavy atom. The van der Waals surface area contributed by atoms with Crippen molar-refractivity contribution < 1.29 is 43.8 Å². The van der Waals surface area contributed by atoms with E-state index in [1.54, 1.807) is 0 Å². The van der Waals surface area contributed by atoms with Crippen molar-refractivity contribution >= 4 is 49.6 Å². The third kappa shape index (κ3) is 31.4. The summed E-state index contributed by atoms with van der Waals surface area (Å²) < 4.78 is 10.6. The van der Waals surface area contributed by atoms with Gasteiger partial charge in [-0.1, -0.05) is 0 Å². The summed E-state index contributed by atoms with van der Waals surface area (Å²) in [6.45, 7) is 19.0. The van der Waals surface area contributed by atoms with Gasteiger partial charge in [0.1, 0.15) is 0 Å². The molecule has 0 aliphatic carbocycles. The Balaban J connectivity index is -0.0000000671. The summed E-state index contributed by atoms with van der Waals surface area (Å²) in [5.41, 5.74) is 0. The first kappa shape index (κ1) is 41.8. The molecular weight excluding hydrogens is 474 g/mol. The van der Waals surface area contributed by atoms with Crippen LogP contribution in [-0.4, -0.2) is 38.5 Å². The molecule has 0 aliphatic rings. The fraction of sp³-hybridized carbons (Fsp3) is 1.00. The predicted octanol–water partition coefficient (Wildman–Crippen LogP) is 6.09. The summed E-state index contributed by atoms with van der Waals surface area (Å²) in [5, 5.41) is 0. The quantitative estimate of drug-likeness (QED) is 0.245. The Kier molecular flexibility index (Phi) is 52.1. The monoisotopic (exact) mass is 513 g/mol. The van der Waals surface area contributed by atoms with Gasteiger partial charge in [-0.25, -0.2) is 0 Å². The molecule has 0 unspecified atom stereocenters. The smallest absolute Gasteiger partial charge is 0.147 e. The number of halogens is 4. The van der Waals surface area contributed by atoms with Gasteiger partial charge in [0, 0.05) is 0 Å². The molecule has 0 fully saturated rings. The molecule has 0 saturated heterocycles. The van der Waals surface area contributed by atoms with E-state index in [0.29, 0.717) is 12.1 Å². The molecule has 3 nitrogen and oxygen atoms in total. The maximum atomic E-state index is 5.71. The van der Waals surface area contributed by atoms with E-state index in [1.807, 2.05) is 0 Å². The zero-order valence-electron chi connectivity index (χ0n) is 17.0. The summed E-state index contributed by atoms with van der Waals surface area (Å²) in [6, 6.07) is 1.25. The summed E-state index contributed by atoms with van der Waals surface area (Å²) >= 11 is 1.84. The van der Waals surface area contributed by atoms with Crippen LogP contribution in [0.25, 0.3) is 0 Å². The summed E-state index contributed by atoms with van der Waals surface area (Å²) in [4.78, 5) is 0. The number of hydrogen-bond acceptors (Lipinski definition) is 3. The van der Waals surface area contributed by atoms with Crippen molar-refractivity contribution in [3.63, 3.8) is 0 Å². The molecule has 0 atom stereocenters. The van der Waals surface area contributed by atoms with Crippen LogP contribution in [0.1, 0.15) is 74.1 Å². The molecule has 0 aromatic carbocycles. The normalized spacial score (nSPS) is 9.36. The van der Waals surface area contributed by atoms with Gasteiger partial charge in [-0.05, 0) is 0 Å². The van der Waals surface area contributed by atoms with Gasteiger partial charge in [-0.2, -0.15) is 0 Å². The van der Waals surface area contributed by atoms with Crippen molar-refractivity contribution in [2.75, 3.05) is 19.7 Å². The van der Waals surface area contributed by atoms with Crippen LogP contribution in [0.2, 0.25) is 0 Å². The molecule has 0 radical (unpaired) electrons.